The first kappa shape index (κ1) is 12.2. The Labute approximate surface area is 115 Å². The average Bonchev–Trinajstić information content (AvgIpc) is 2.76. The number of phenols is 1. The number of aromatic hydroxyl groups is 1. The number of rotatable bonds is 2. The number of phenolic OH excluding ortho intramolecular Hbond substituents is 1. The summed E-state index contributed by atoms with van der Waals surface area (Å²) in [6, 6.07) is 13.8. The van der Waals surface area contributed by atoms with Gasteiger partial charge in [-0.2, -0.15) is 0 Å². The largest absolute Gasteiger partial charge is 0.508 e. The predicted octanol–water partition coefficient (Wildman–Crippen LogP) is 2.19. The van der Waals surface area contributed by atoms with Crippen LogP contribution in [0.4, 0.5) is 10.5 Å². The molecule has 0 aromatic heterocycles. The second-order valence-electron chi connectivity index (χ2n) is 4.48. The van der Waals surface area contributed by atoms with Crippen LogP contribution in [0.5, 0.6) is 5.75 Å². The van der Waals surface area contributed by atoms with Gasteiger partial charge in [0.05, 0.1) is 5.69 Å². The molecule has 2 aromatic rings. The third-order valence-electron chi connectivity index (χ3n) is 3.18. The van der Waals surface area contributed by atoms with E-state index in [1.54, 1.807) is 36.4 Å². The van der Waals surface area contributed by atoms with Crippen LogP contribution in [-0.4, -0.2) is 17.0 Å². The van der Waals surface area contributed by atoms with E-state index in [0.29, 0.717) is 11.3 Å². The molecule has 3 rings (SSSR count). The Morgan fingerprint density at radius 2 is 1.60 bits per heavy atom. The van der Waals surface area contributed by atoms with Crippen LogP contribution >= 0.6 is 0 Å². The molecule has 0 radical (unpaired) electrons. The Bertz CT molecular complexity index is 653. The Kier molecular flexibility index (Phi) is 2.87. The van der Waals surface area contributed by atoms with Crippen molar-refractivity contribution in [2.24, 2.45) is 0 Å². The molecular formula is C15H12N2O3. The number of amides is 3. The van der Waals surface area contributed by atoms with E-state index >= 15 is 0 Å². The van der Waals surface area contributed by atoms with E-state index in [1.165, 1.54) is 12.1 Å². The first-order valence-electron chi connectivity index (χ1n) is 6.15. The second kappa shape index (κ2) is 4.70. The molecule has 0 spiro atoms. The van der Waals surface area contributed by atoms with E-state index in [9.17, 15) is 14.7 Å². The summed E-state index contributed by atoms with van der Waals surface area (Å²) in [5.41, 5.74) is 1.18. The molecule has 1 saturated heterocycles. The zero-order valence-corrected chi connectivity index (χ0v) is 10.5. The molecule has 0 unspecified atom stereocenters. The van der Waals surface area contributed by atoms with Crippen LogP contribution in [0.1, 0.15) is 11.6 Å². The van der Waals surface area contributed by atoms with Gasteiger partial charge in [0.15, 0.2) is 0 Å². The molecule has 5 nitrogen and oxygen atoms in total. The van der Waals surface area contributed by atoms with Crippen LogP contribution in [0.3, 0.4) is 0 Å². The van der Waals surface area contributed by atoms with Crippen LogP contribution in [-0.2, 0) is 4.79 Å². The minimum absolute atomic E-state index is 0.116. The number of hydrogen-bond donors (Lipinski definition) is 2. The van der Waals surface area contributed by atoms with E-state index in [0.717, 1.165) is 4.90 Å². The molecule has 5 heteroatoms. The van der Waals surface area contributed by atoms with Crippen molar-refractivity contribution in [1.29, 1.82) is 0 Å². The number of nitrogens with zero attached hydrogens (tertiary/aromatic N) is 1. The van der Waals surface area contributed by atoms with Crippen molar-refractivity contribution in [1.82, 2.24) is 5.32 Å². The van der Waals surface area contributed by atoms with Crippen LogP contribution < -0.4 is 10.2 Å². The topological polar surface area (TPSA) is 69.6 Å². The highest BCUT2D eigenvalue weighted by atomic mass is 16.3. The zero-order chi connectivity index (χ0) is 14.1. The summed E-state index contributed by atoms with van der Waals surface area (Å²) in [4.78, 5) is 25.5. The SMILES string of the molecule is O=C1N[C@H](c2ccc(O)cc2)C(=O)N1c1ccccc1. The van der Waals surface area contributed by atoms with Gasteiger partial charge >= 0.3 is 6.03 Å². The van der Waals surface area contributed by atoms with Crippen LogP contribution in [0.15, 0.2) is 54.6 Å². The molecule has 0 saturated carbocycles. The highest BCUT2D eigenvalue weighted by Gasteiger charge is 2.39. The first-order chi connectivity index (χ1) is 9.66. The van der Waals surface area contributed by atoms with Gasteiger partial charge in [0.1, 0.15) is 11.8 Å². The van der Waals surface area contributed by atoms with E-state index in [1.807, 2.05) is 6.07 Å². The van der Waals surface area contributed by atoms with E-state index in [2.05, 4.69) is 5.32 Å². The maximum absolute atomic E-state index is 12.4. The van der Waals surface area contributed by atoms with Gasteiger partial charge < -0.3 is 10.4 Å². The quantitative estimate of drug-likeness (QED) is 0.820. The molecule has 1 aliphatic heterocycles. The van der Waals surface area contributed by atoms with Gasteiger partial charge in [-0.1, -0.05) is 30.3 Å². The van der Waals surface area contributed by atoms with Crippen LogP contribution in [0.25, 0.3) is 0 Å². The summed E-state index contributed by atoms with van der Waals surface area (Å²) in [5, 5.41) is 11.9. The van der Waals surface area contributed by atoms with E-state index < -0.39 is 12.1 Å². The van der Waals surface area contributed by atoms with Crippen LogP contribution in [0.2, 0.25) is 0 Å². The smallest absolute Gasteiger partial charge is 0.329 e. The number of benzene rings is 2. The third kappa shape index (κ3) is 1.99. The number of carbonyl (C=O) groups is 2. The highest BCUT2D eigenvalue weighted by molar-refractivity contribution is 6.21. The summed E-state index contributed by atoms with van der Waals surface area (Å²) in [6.07, 6.45) is 0. The standard InChI is InChI=1S/C15H12N2O3/c18-12-8-6-10(7-9-12)13-14(19)17(15(20)16-13)11-4-2-1-3-5-11/h1-9,13,18H,(H,16,20)/t13-/m1/s1. The lowest BCUT2D eigenvalue weighted by atomic mass is 10.1. The van der Waals surface area contributed by atoms with Gasteiger partial charge in [-0.3, -0.25) is 4.79 Å². The molecule has 2 N–H and O–H groups in total. The minimum Gasteiger partial charge on any atom is -0.508 e. The minimum atomic E-state index is -0.719. The number of nitrogens with one attached hydrogen (secondary N) is 1. The van der Waals surface area contributed by atoms with E-state index in [4.69, 9.17) is 0 Å². The lowest BCUT2D eigenvalue weighted by Crippen LogP contribution is -2.30. The molecule has 100 valence electrons. The monoisotopic (exact) mass is 268 g/mol. The Balaban J connectivity index is 1.93. The number of hydrogen-bond acceptors (Lipinski definition) is 3. The molecule has 2 aromatic carbocycles. The molecular weight excluding hydrogens is 256 g/mol. The average molecular weight is 268 g/mol. The molecule has 20 heavy (non-hydrogen) atoms. The highest BCUT2D eigenvalue weighted by Crippen LogP contribution is 2.27. The van der Waals surface area contributed by atoms with Gasteiger partial charge in [0.2, 0.25) is 0 Å². The van der Waals surface area contributed by atoms with Crippen molar-refractivity contribution >= 4 is 17.6 Å². The summed E-state index contributed by atoms with van der Waals surface area (Å²) in [7, 11) is 0. The van der Waals surface area contributed by atoms with Gasteiger partial charge in [-0.15, -0.1) is 0 Å². The molecule has 3 amide bonds. The molecule has 1 fully saturated rings. The first-order valence-corrected chi connectivity index (χ1v) is 6.15. The van der Waals surface area contributed by atoms with Crippen molar-refractivity contribution in [2.75, 3.05) is 4.90 Å². The van der Waals surface area contributed by atoms with Crippen molar-refractivity contribution in [3.8, 4) is 5.75 Å². The fourth-order valence-corrected chi connectivity index (χ4v) is 2.19. The van der Waals surface area contributed by atoms with Gasteiger partial charge in [0, 0.05) is 0 Å². The maximum atomic E-state index is 12.4. The van der Waals surface area contributed by atoms with Crippen molar-refractivity contribution in [2.45, 2.75) is 6.04 Å². The number of anilines is 1. The second-order valence-corrected chi connectivity index (χ2v) is 4.48. The Morgan fingerprint density at radius 1 is 0.950 bits per heavy atom. The van der Waals surface area contributed by atoms with Gasteiger partial charge in [0.25, 0.3) is 5.91 Å². The molecule has 0 aliphatic carbocycles. The number of imide groups is 1. The number of para-hydroxylation sites is 1. The summed E-state index contributed by atoms with van der Waals surface area (Å²) >= 11 is 0. The summed E-state index contributed by atoms with van der Waals surface area (Å²) in [5.74, 6) is -0.211. The van der Waals surface area contributed by atoms with Gasteiger partial charge in [-0.25, -0.2) is 9.69 Å². The number of urea groups is 1. The fourth-order valence-electron chi connectivity index (χ4n) is 2.19. The fraction of sp³-hybridized carbons (Fsp3) is 0.0667. The lowest BCUT2D eigenvalue weighted by molar-refractivity contribution is -0.118. The van der Waals surface area contributed by atoms with Crippen molar-refractivity contribution < 1.29 is 14.7 Å². The van der Waals surface area contributed by atoms with Crippen LogP contribution in [0, 0.1) is 0 Å². The Morgan fingerprint density at radius 3 is 2.25 bits per heavy atom. The molecule has 1 heterocycles. The lowest BCUT2D eigenvalue weighted by Gasteiger charge is -2.12. The molecule has 1 atom stereocenters. The van der Waals surface area contributed by atoms with E-state index in [-0.39, 0.29) is 11.7 Å². The summed E-state index contributed by atoms with van der Waals surface area (Å²) in [6.45, 7) is 0. The Hall–Kier alpha value is -2.82. The normalized spacial score (nSPS) is 18.2. The summed E-state index contributed by atoms with van der Waals surface area (Å²) < 4.78 is 0. The predicted molar refractivity (Wildman–Crippen MR) is 73.3 cm³/mol. The van der Waals surface area contributed by atoms with Crippen molar-refractivity contribution in [3.05, 3.63) is 60.2 Å². The molecule has 0 bridgehead atoms. The van der Waals surface area contributed by atoms with Crippen molar-refractivity contribution in [3.63, 3.8) is 0 Å². The maximum Gasteiger partial charge on any atom is 0.329 e. The zero-order valence-electron chi connectivity index (χ0n) is 10.5. The number of carbonyl (C=O) groups excluding carboxylic acids is 2. The third-order valence-corrected chi connectivity index (χ3v) is 3.18. The molecule has 1 aliphatic rings. The van der Waals surface area contributed by atoms with Gasteiger partial charge in [-0.05, 0) is 29.8 Å².